The lowest BCUT2D eigenvalue weighted by atomic mass is 10.2. The molecule has 0 fully saturated rings. The molecule has 0 aliphatic carbocycles. The minimum absolute atomic E-state index is 0.0542. The van der Waals surface area contributed by atoms with Gasteiger partial charge in [0.2, 0.25) is 5.82 Å². The molecule has 0 amide bonds. The minimum Gasteiger partial charge on any atom is -0.494 e. The van der Waals surface area contributed by atoms with Crippen LogP contribution in [0.25, 0.3) is 22.8 Å². The van der Waals surface area contributed by atoms with Crippen molar-refractivity contribution in [3.8, 4) is 28.6 Å². The lowest BCUT2D eigenvalue weighted by molar-refractivity contribution is 0.317. The second-order valence-electron chi connectivity index (χ2n) is 8.58. The van der Waals surface area contributed by atoms with Crippen LogP contribution in [0.5, 0.6) is 5.75 Å². The number of hydrogen-bond donors (Lipinski definition) is 0. The molecule has 0 saturated carbocycles. The predicted molar refractivity (Wildman–Crippen MR) is 138 cm³/mol. The van der Waals surface area contributed by atoms with E-state index in [2.05, 4.69) is 10.1 Å². The topological polar surface area (TPSA) is 138 Å². The highest BCUT2D eigenvalue weighted by atomic mass is 32.2. The maximum absolute atomic E-state index is 12.5. The molecule has 2 heterocycles. The molecule has 0 radical (unpaired) electrons. The van der Waals surface area contributed by atoms with Crippen LogP contribution >= 0.6 is 0 Å². The number of aromatic nitrogens is 3. The highest BCUT2D eigenvalue weighted by Gasteiger charge is 2.14. The summed E-state index contributed by atoms with van der Waals surface area (Å²) in [6.07, 6.45) is 4.34. The smallest absolute Gasteiger partial charge is 0.258 e. The first kappa shape index (κ1) is 26.3. The van der Waals surface area contributed by atoms with Crippen molar-refractivity contribution >= 4 is 19.7 Å². The summed E-state index contributed by atoms with van der Waals surface area (Å²) in [5.74, 6) is 1.13. The maximum Gasteiger partial charge on any atom is 0.258 e. The monoisotopic (exact) mass is 543 g/mol. The Balaban J connectivity index is 1.49. The zero-order chi connectivity index (χ0) is 26.6. The Morgan fingerprint density at radius 1 is 0.946 bits per heavy atom. The predicted octanol–water partition coefficient (Wildman–Crippen LogP) is 2.83. The van der Waals surface area contributed by atoms with E-state index in [1.165, 1.54) is 29.0 Å². The number of pyridine rings is 1. The van der Waals surface area contributed by atoms with E-state index < -0.39 is 19.7 Å². The van der Waals surface area contributed by atoms with E-state index in [0.717, 1.165) is 11.8 Å². The van der Waals surface area contributed by atoms with Crippen molar-refractivity contribution in [2.24, 2.45) is 0 Å². The van der Waals surface area contributed by atoms with Gasteiger partial charge in [-0.3, -0.25) is 4.79 Å². The van der Waals surface area contributed by atoms with E-state index in [9.17, 15) is 21.6 Å². The van der Waals surface area contributed by atoms with Crippen molar-refractivity contribution in [2.45, 2.75) is 17.9 Å². The third-order valence-corrected chi connectivity index (χ3v) is 7.54. The average Bonchev–Trinajstić information content (AvgIpc) is 3.33. The fourth-order valence-corrected chi connectivity index (χ4v) is 4.80. The Labute approximate surface area is 214 Å². The second kappa shape index (κ2) is 10.7. The molecule has 0 aliphatic heterocycles. The van der Waals surface area contributed by atoms with E-state index in [1.54, 1.807) is 42.6 Å². The van der Waals surface area contributed by atoms with Crippen LogP contribution in [0.1, 0.15) is 12.0 Å². The van der Waals surface area contributed by atoms with Gasteiger partial charge in [0.1, 0.15) is 15.6 Å². The molecule has 0 saturated heterocycles. The van der Waals surface area contributed by atoms with Gasteiger partial charge in [0.05, 0.1) is 23.8 Å². The van der Waals surface area contributed by atoms with Crippen molar-refractivity contribution in [1.29, 1.82) is 0 Å². The highest BCUT2D eigenvalue weighted by molar-refractivity contribution is 7.91. The Bertz CT molecular complexity index is 1670. The summed E-state index contributed by atoms with van der Waals surface area (Å²) in [6.45, 7) is 0.536. The fourth-order valence-electron chi connectivity index (χ4n) is 3.53. The summed E-state index contributed by atoms with van der Waals surface area (Å²) in [7, 11) is -6.36. The van der Waals surface area contributed by atoms with Gasteiger partial charge in [-0.25, -0.2) is 16.8 Å². The molecule has 0 unspecified atom stereocenters. The van der Waals surface area contributed by atoms with Gasteiger partial charge in [-0.15, -0.1) is 0 Å². The lowest BCUT2D eigenvalue weighted by Crippen LogP contribution is -2.19. The van der Waals surface area contributed by atoms with Crippen LogP contribution in [0, 0.1) is 0 Å². The highest BCUT2D eigenvalue weighted by Crippen LogP contribution is 2.23. The number of hydrogen-bond acceptors (Lipinski definition) is 9. The third kappa shape index (κ3) is 7.14. The molecular weight excluding hydrogens is 518 g/mol. The summed E-state index contributed by atoms with van der Waals surface area (Å²) >= 11 is 0. The van der Waals surface area contributed by atoms with Gasteiger partial charge in [-0.05, 0) is 54.4 Å². The molecule has 0 atom stereocenters. The molecule has 12 heteroatoms. The number of rotatable bonds is 10. The van der Waals surface area contributed by atoms with E-state index >= 15 is 0 Å². The fraction of sp³-hybridized carbons (Fsp3) is 0.240. The molecule has 4 rings (SSSR count). The van der Waals surface area contributed by atoms with Crippen LogP contribution in [0.2, 0.25) is 0 Å². The Hall–Kier alpha value is -3.77. The van der Waals surface area contributed by atoms with Crippen LogP contribution in [-0.4, -0.2) is 56.4 Å². The van der Waals surface area contributed by atoms with Crippen LogP contribution in [-0.2, 0) is 26.2 Å². The lowest BCUT2D eigenvalue weighted by Gasteiger charge is -2.10. The van der Waals surface area contributed by atoms with Gasteiger partial charge in [-0.1, -0.05) is 17.3 Å². The Morgan fingerprint density at radius 3 is 2.38 bits per heavy atom. The second-order valence-corrected chi connectivity index (χ2v) is 12.9. The van der Waals surface area contributed by atoms with Crippen LogP contribution in [0.3, 0.4) is 0 Å². The number of nitrogens with zero attached hydrogens (tertiary/aromatic N) is 3. The molecule has 0 aliphatic rings. The molecular formula is C25H25N3O7S2. The zero-order valence-corrected chi connectivity index (χ0v) is 21.8. The number of sulfone groups is 2. The van der Waals surface area contributed by atoms with Crippen molar-refractivity contribution in [3.63, 3.8) is 0 Å². The SMILES string of the molecule is CS(=O)(=O)CCCOc1cccc(Cn2cc(-c3noc(-c4ccc(S(C)(=O)=O)cc4)n3)ccc2=O)c1. The molecule has 37 heavy (non-hydrogen) atoms. The summed E-state index contributed by atoms with van der Waals surface area (Å²) < 4.78 is 58.4. The summed E-state index contributed by atoms with van der Waals surface area (Å²) in [5, 5.41) is 4.00. The summed E-state index contributed by atoms with van der Waals surface area (Å²) in [6, 6.07) is 16.4. The van der Waals surface area contributed by atoms with Gasteiger partial charge in [0.15, 0.2) is 9.84 Å². The Kier molecular flexibility index (Phi) is 7.60. The van der Waals surface area contributed by atoms with E-state index in [0.29, 0.717) is 23.3 Å². The molecule has 10 nitrogen and oxygen atoms in total. The van der Waals surface area contributed by atoms with Crippen LogP contribution < -0.4 is 10.3 Å². The van der Waals surface area contributed by atoms with E-state index in [-0.39, 0.29) is 41.1 Å². The largest absolute Gasteiger partial charge is 0.494 e. The molecule has 0 spiro atoms. The van der Waals surface area contributed by atoms with E-state index in [1.807, 2.05) is 6.07 Å². The van der Waals surface area contributed by atoms with Crippen LogP contribution in [0.4, 0.5) is 0 Å². The number of ether oxygens (including phenoxy) is 1. The van der Waals surface area contributed by atoms with Gasteiger partial charge >= 0.3 is 0 Å². The molecule has 194 valence electrons. The number of benzene rings is 2. The molecule has 2 aromatic heterocycles. The van der Waals surface area contributed by atoms with Gasteiger partial charge in [0.25, 0.3) is 11.4 Å². The van der Waals surface area contributed by atoms with Crippen molar-refractivity contribution in [2.75, 3.05) is 24.9 Å². The van der Waals surface area contributed by atoms with Gasteiger partial charge in [0, 0.05) is 35.9 Å². The Morgan fingerprint density at radius 2 is 1.68 bits per heavy atom. The standard InChI is InChI=1S/C25H25N3O7S2/c1-36(30,31)14-4-13-34-21-6-3-5-18(15-21)16-28-17-20(9-12-23(28)29)24-26-25(35-27-24)19-7-10-22(11-8-19)37(2,32)33/h3,5-12,15,17H,4,13-14,16H2,1-2H3. The van der Waals surface area contributed by atoms with E-state index in [4.69, 9.17) is 9.26 Å². The molecule has 0 N–H and O–H groups in total. The molecule has 4 aromatic rings. The zero-order valence-electron chi connectivity index (χ0n) is 20.2. The maximum atomic E-state index is 12.5. The van der Waals surface area contributed by atoms with Gasteiger partial charge in [-0.2, -0.15) is 4.98 Å². The summed E-state index contributed by atoms with van der Waals surface area (Å²) in [5.41, 5.74) is 1.73. The third-order valence-electron chi connectivity index (χ3n) is 5.38. The average molecular weight is 544 g/mol. The first-order chi connectivity index (χ1) is 17.5. The van der Waals surface area contributed by atoms with Crippen molar-refractivity contribution in [1.82, 2.24) is 14.7 Å². The molecule has 2 aromatic carbocycles. The quantitative estimate of drug-likeness (QED) is 0.276. The summed E-state index contributed by atoms with van der Waals surface area (Å²) in [4.78, 5) is 17.1. The first-order valence-corrected chi connectivity index (χ1v) is 15.2. The van der Waals surface area contributed by atoms with Crippen LogP contribution in [0.15, 0.2) is 81.1 Å². The normalized spacial score (nSPS) is 11.9. The van der Waals surface area contributed by atoms with Crippen molar-refractivity contribution < 1.29 is 26.1 Å². The first-order valence-electron chi connectivity index (χ1n) is 11.2. The van der Waals surface area contributed by atoms with Crippen molar-refractivity contribution in [3.05, 3.63) is 82.8 Å². The van der Waals surface area contributed by atoms with Gasteiger partial charge < -0.3 is 13.8 Å². The minimum atomic E-state index is -3.32. The molecule has 0 bridgehead atoms.